The minimum atomic E-state index is -0.159. The van der Waals surface area contributed by atoms with Crippen molar-refractivity contribution in [3.63, 3.8) is 0 Å². The van der Waals surface area contributed by atoms with Gasteiger partial charge in [-0.15, -0.1) is 11.3 Å². The fraction of sp³-hybridized carbons (Fsp3) is 0.417. The summed E-state index contributed by atoms with van der Waals surface area (Å²) >= 11 is 6.16. The van der Waals surface area contributed by atoms with Crippen LogP contribution in [0.15, 0.2) is 44.1 Å². The molecule has 4 rings (SSSR count). The van der Waals surface area contributed by atoms with Gasteiger partial charge in [0.05, 0.1) is 17.1 Å². The summed E-state index contributed by atoms with van der Waals surface area (Å²) in [5.74, 6) is 0.0139. The van der Waals surface area contributed by atoms with Gasteiger partial charge in [0.1, 0.15) is 0 Å². The summed E-state index contributed by atoms with van der Waals surface area (Å²) in [6, 6.07) is 7.90. The molecular weight excluding hydrogens is 534 g/mol. The highest BCUT2D eigenvalue weighted by molar-refractivity contribution is 9.10. The number of amides is 1. The van der Waals surface area contributed by atoms with Crippen LogP contribution in [0.2, 0.25) is 0 Å². The largest absolute Gasteiger partial charge is 0.309 e. The summed E-state index contributed by atoms with van der Waals surface area (Å²) in [5, 5.41) is 6.01. The van der Waals surface area contributed by atoms with Gasteiger partial charge in [-0.25, -0.2) is 9.97 Å². The molecule has 0 saturated carbocycles. The zero-order chi connectivity index (χ0) is 24.1. The lowest BCUT2D eigenvalue weighted by Gasteiger charge is -2.20. The average Bonchev–Trinajstić information content (AvgIpc) is 3.28. The van der Waals surface area contributed by atoms with Gasteiger partial charge in [0.2, 0.25) is 5.91 Å². The van der Waals surface area contributed by atoms with Crippen LogP contribution in [0.3, 0.4) is 0 Å². The van der Waals surface area contributed by atoms with Crippen molar-refractivity contribution in [2.75, 3.05) is 31.7 Å². The number of nitrogens with zero attached hydrogens (tertiary/aromatic N) is 4. The molecule has 2 aromatic heterocycles. The van der Waals surface area contributed by atoms with E-state index in [0.717, 1.165) is 65.6 Å². The molecule has 1 aliphatic rings. The maximum Gasteiger partial charge on any atom is 0.257 e. The van der Waals surface area contributed by atoms with Crippen LogP contribution in [0, 0.1) is 0 Å². The van der Waals surface area contributed by atoms with Crippen LogP contribution in [0.5, 0.6) is 0 Å². The first-order valence-electron chi connectivity index (χ1n) is 11.3. The van der Waals surface area contributed by atoms with Gasteiger partial charge in [-0.2, -0.15) is 0 Å². The van der Waals surface area contributed by atoms with Gasteiger partial charge in [-0.05, 0) is 64.9 Å². The molecule has 7 nitrogen and oxygen atoms in total. The molecule has 0 aliphatic heterocycles. The molecule has 0 radical (unpaired) electrons. The Kier molecular flexibility index (Phi) is 8.57. The number of thiazole rings is 1. The smallest absolute Gasteiger partial charge is 0.257 e. The van der Waals surface area contributed by atoms with E-state index in [0.29, 0.717) is 16.8 Å². The number of carbonyl (C=O) groups is 1. The third-order valence-corrected chi connectivity index (χ3v) is 7.88. The van der Waals surface area contributed by atoms with Gasteiger partial charge in [-0.1, -0.05) is 39.8 Å². The van der Waals surface area contributed by atoms with Crippen molar-refractivity contribution in [1.29, 1.82) is 0 Å². The Balaban J connectivity index is 1.44. The van der Waals surface area contributed by atoms with Gasteiger partial charge in [0.25, 0.3) is 5.56 Å². The zero-order valence-electron chi connectivity index (χ0n) is 19.3. The van der Waals surface area contributed by atoms with Crippen molar-refractivity contribution >= 4 is 50.1 Å². The first-order chi connectivity index (χ1) is 16.4. The molecule has 180 valence electrons. The standard InChI is InChI=1S/C24H28BrN5O2S2/c1-29(2)12-5-13-30-22(32)18-6-3-4-7-19(18)27-24(30)34-15-21(31)28-23-26-20(14-33-23)16-8-10-17(25)11-9-16/h8-11,14H,3-7,12-13,15H2,1-2H3,(H,26,28,31). The fourth-order valence-corrected chi connectivity index (χ4v) is 5.73. The third-order valence-electron chi connectivity index (χ3n) is 5.61. The van der Waals surface area contributed by atoms with Crippen LogP contribution in [0.25, 0.3) is 11.3 Å². The number of carbonyl (C=O) groups excluding carboxylic acids is 1. The number of rotatable bonds is 9. The van der Waals surface area contributed by atoms with E-state index < -0.39 is 0 Å². The summed E-state index contributed by atoms with van der Waals surface area (Å²) in [7, 11) is 4.04. The van der Waals surface area contributed by atoms with Crippen LogP contribution in [-0.2, 0) is 24.2 Å². The SMILES string of the molecule is CN(C)CCCn1c(SCC(=O)Nc2nc(-c3ccc(Br)cc3)cs2)nc2c(c1=O)CCCC2. The van der Waals surface area contributed by atoms with Crippen LogP contribution in [0.1, 0.15) is 30.5 Å². The van der Waals surface area contributed by atoms with E-state index in [-0.39, 0.29) is 17.2 Å². The minimum absolute atomic E-state index is 0.0606. The van der Waals surface area contributed by atoms with Crippen molar-refractivity contribution in [2.45, 2.75) is 43.8 Å². The lowest BCUT2D eigenvalue weighted by atomic mass is 9.97. The Hall–Kier alpha value is -2.01. The van der Waals surface area contributed by atoms with Crippen LogP contribution < -0.4 is 10.9 Å². The van der Waals surface area contributed by atoms with E-state index >= 15 is 0 Å². The fourth-order valence-electron chi connectivity index (χ4n) is 3.89. The second-order valence-electron chi connectivity index (χ2n) is 8.52. The number of aryl methyl sites for hydroxylation is 1. The zero-order valence-corrected chi connectivity index (χ0v) is 22.6. The Labute approximate surface area is 216 Å². The second kappa shape index (κ2) is 11.6. The quantitative estimate of drug-likeness (QED) is 0.301. The second-order valence-corrected chi connectivity index (χ2v) is 11.2. The predicted octanol–water partition coefficient (Wildman–Crippen LogP) is 4.69. The molecule has 1 N–H and O–H groups in total. The minimum Gasteiger partial charge on any atom is -0.309 e. The molecule has 0 bridgehead atoms. The Morgan fingerprint density at radius 3 is 2.74 bits per heavy atom. The summed E-state index contributed by atoms with van der Waals surface area (Å²) in [5.41, 5.74) is 3.64. The van der Waals surface area contributed by atoms with E-state index in [1.54, 1.807) is 4.57 Å². The molecule has 0 saturated heterocycles. The van der Waals surface area contributed by atoms with Gasteiger partial charge in [0.15, 0.2) is 10.3 Å². The normalized spacial score (nSPS) is 13.2. The highest BCUT2D eigenvalue weighted by Gasteiger charge is 2.20. The predicted molar refractivity (Wildman–Crippen MR) is 143 cm³/mol. The number of anilines is 1. The lowest BCUT2D eigenvalue weighted by Crippen LogP contribution is -2.31. The molecular formula is C24H28BrN5O2S2. The van der Waals surface area contributed by atoms with Crippen molar-refractivity contribution < 1.29 is 4.79 Å². The average molecular weight is 563 g/mol. The van der Waals surface area contributed by atoms with E-state index in [2.05, 4.69) is 31.1 Å². The molecule has 2 heterocycles. The molecule has 10 heteroatoms. The van der Waals surface area contributed by atoms with Crippen LogP contribution >= 0.6 is 39.0 Å². The van der Waals surface area contributed by atoms with Crippen molar-refractivity contribution in [3.05, 3.63) is 55.7 Å². The maximum absolute atomic E-state index is 13.2. The first-order valence-corrected chi connectivity index (χ1v) is 14.0. The van der Waals surface area contributed by atoms with Crippen molar-refractivity contribution in [3.8, 4) is 11.3 Å². The number of thioether (sulfide) groups is 1. The van der Waals surface area contributed by atoms with Crippen LogP contribution in [-0.4, -0.2) is 51.7 Å². The number of nitrogens with one attached hydrogen (secondary N) is 1. The van der Waals surface area contributed by atoms with Crippen LogP contribution in [0.4, 0.5) is 5.13 Å². The number of fused-ring (bicyclic) bond motifs is 1. The highest BCUT2D eigenvalue weighted by atomic mass is 79.9. The number of aromatic nitrogens is 3. The molecule has 0 fully saturated rings. The monoisotopic (exact) mass is 561 g/mol. The molecule has 1 aromatic carbocycles. The number of hydrogen-bond acceptors (Lipinski definition) is 7. The maximum atomic E-state index is 13.2. The lowest BCUT2D eigenvalue weighted by molar-refractivity contribution is -0.113. The molecule has 0 unspecified atom stereocenters. The summed E-state index contributed by atoms with van der Waals surface area (Å²) in [6.45, 7) is 1.49. The highest BCUT2D eigenvalue weighted by Crippen LogP contribution is 2.27. The summed E-state index contributed by atoms with van der Waals surface area (Å²) in [4.78, 5) is 37.3. The molecule has 3 aromatic rings. The molecule has 1 amide bonds. The Morgan fingerprint density at radius 2 is 1.97 bits per heavy atom. The van der Waals surface area contributed by atoms with E-state index in [1.165, 1.54) is 23.1 Å². The van der Waals surface area contributed by atoms with Gasteiger partial charge in [-0.3, -0.25) is 14.2 Å². The van der Waals surface area contributed by atoms with Gasteiger partial charge < -0.3 is 10.2 Å². The van der Waals surface area contributed by atoms with E-state index in [1.807, 2.05) is 43.7 Å². The number of hydrogen-bond donors (Lipinski definition) is 1. The first kappa shape index (κ1) is 25.1. The molecule has 0 spiro atoms. The summed E-state index contributed by atoms with van der Waals surface area (Å²) < 4.78 is 2.77. The van der Waals surface area contributed by atoms with Crippen molar-refractivity contribution in [1.82, 2.24) is 19.4 Å². The molecule has 1 aliphatic carbocycles. The Morgan fingerprint density at radius 1 is 1.21 bits per heavy atom. The topological polar surface area (TPSA) is 80.1 Å². The van der Waals surface area contributed by atoms with E-state index in [4.69, 9.17) is 4.98 Å². The molecule has 0 atom stereocenters. The van der Waals surface area contributed by atoms with E-state index in [9.17, 15) is 9.59 Å². The van der Waals surface area contributed by atoms with Gasteiger partial charge >= 0.3 is 0 Å². The summed E-state index contributed by atoms with van der Waals surface area (Å²) in [6.07, 6.45) is 4.57. The Bertz CT molecular complexity index is 1210. The molecule has 34 heavy (non-hydrogen) atoms. The van der Waals surface area contributed by atoms with Crippen molar-refractivity contribution in [2.24, 2.45) is 0 Å². The van der Waals surface area contributed by atoms with Gasteiger partial charge in [0, 0.05) is 27.5 Å². The number of halogens is 1. The number of benzene rings is 1. The third kappa shape index (κ3) is 6.35.